The van der Waals surface area contributed by atoms with Gasteiger partial charge < -0.3 is 15.0 Å². The lowest BCUT2D eigenvalue weighted by atomic mass is 10.1. The molecule has 1 saturated heterocycles. The number of nitrogens with zero attached hydrogens (tertiary/aromatic N) is 2. The number of likely N-dealkylation sites (N-methyl/N-ethyl adjacent to an activating group) is 1. The maximum absolute atomic E-state index is 13.0. The maximum Gasteiger partial charge on any atom is 0.255 e. The summed E-state index contributed by atoms with van der Waals surface area (Å²) in [6.45, 7) is 8.42. The van der Waals surface area contributed by atoms with Gasteiger partial charge in [-0.2, -0.15) is 4.31 Å². The third kappa shape index (κ3) is 4.46. The monoisotopic (exact) mass is 443 g/mol. The molecule has 166 valence electrons. The van der Waals surface area contributed by atoms with Crippen LogP contribution in [0.3, 0.4) is 0 Å². The van der Waals surface area contributed by atoms with Crippen LogP contribution in [-0.4, -0.2) is 57.0 Å². The number of morpholine rings is 1. The summed E-state index contributed by atoms with van der Waals surface area (Å²) in [6.07, 6.45) is 0.715. The van der Waals surface area contributed by atoms with Crippen LogP contribution in [0.15, 0.2) is 47.4 Å². The Morgan fingerprint density at radius 3 is 2.42 bits per heavy atom. The zero-order valence-electron chi connectivity index (χ0n) is 18.2. The van der Waals surface area contributed by atoms with Crippen LogP contribution in [0.25, 0.3) is 0 Å². The highest BCUT2D eigenvalue weighted by molar-refractivity contribution is 7.89. The fourth-order valence-electron chi connectivity index (χ4n) is 4.31. The van der Waals surface area contributed by atoms with Crippen molar-refractivity contribution >= 4 is 27.3 Å². The van der Waals surface area contributed by atoms with E-state index in [4.69, 9.17) is 4.74 Å². The number of carbonyl (C=O) groups is 1. The standard InChI is InChI=1S/C23H29N3O4S/c1-4-25-12-11-18-5-8-20(13-22(18)25)24-23(27)19-6-9-21(10-7-19)31(28,29)26-14-16(2)30-17(3)15-26/h5-10,13,16-17H,4,11-12,14-15H2,1-3H3,(H,24,27). The minimum absolute atomic E-state index is 0.153. The predicted molar refractivity (Wildman–Crippen MR) is 121 cm³/mol. The Morgan fingerprint density at radius 2 is 1.77 bits per heavy atom. The van der Waals surface area contributed by atoms with Crippen molar-refractivity contribution in [3.8, 4) is 0 Å². The minimum Gasteiger partial charge on any atom is -0.373 e. The zero-order chi connectivity index (χ0) is 22.2. The fraction of sp³-hybridized carbons (Fsp3) is 0.435. The summed E-state index contributed by atoms with van der Waals surface area (Å²) in [6, 6.07) is 12.1. The number of benzene rings is 2. The summed E-state index contributed by atoms with van der Waals surface area (Å²) in [5.74, 6) is -0.265. The summed E-state index contributed by atoms with van der Waals surface area (Å²) in [5.41, 5.74) is 3.60. The lowest BCUT2D eigenvalue weighted by molar-refractivity contribution is -0.0440. The van der Waals surface area contributed by atoms with Gasteiger partial charge in [-0.05, 0) is 69.2 Å². The molecule has 2 unspecified atom stereocenters. The van der Waals surface area contributed by atoms with Crippen molar-refractivity contribution < 1.29 is 17.9 Å². The van der Waals surface area contributed by atoms with Crippen LogP contribution in [-0.2, 0) is 21.2 Å². The smallest absolute Gasteiger partial charge is 0.255 e. The molecule has 2 aliphatic heterocycles. The van der Waals surface area contributed by atoms with E-state index >= 15 is 0 Å². The van der Waals surface area contributed by atoms with Crippen molar-refractivity contribution in [2.24, 2.45) is 0 Å². The topological polar surface area (TPSA) is 79.0 Å². The molecule has 2 atom stereocenters. The average Bonchev–Trinajstić information content (AvgIpc) is 3.15. The third-order valence-electron chi connectivity index (χ3n) is 5.86. The molecule has 2 aliphatic rings. The molecular weight excluding hydrogens is 414 g/mol. The zero-order valence-corrected chi connectivity index (χ0v) is 19.0. The first-order valence-corrected chi connectivity index (χ1v) is 12.2. The van der Waals surface area contributed by atoms with Gasteiger partial charge in [0.25, 0.3) is 5.91 Å². The van der Waals surface area contributed by atoms with Crippen molar-refractivity contribution in [1.82, 2.24) is 4.31 Å². The molecule has 31 heavy (non-hydrogen) atoms. The van der Waals surface area contributed by atoms with Crippen molar-refractivity contribution in [3.63, 3.8) is 0 Å². The minimum atomic E-state index is -3.63. The van der Waals surface area contributed by atoms with E-state index in [1.807, 2.05) is 26.0 Å². The van der Waals surface area contributed by atoms with Gasteiger partial charge in [0.1, 0.15) is 0 Å². The van der Waals surface area contributed by atoms with E-state index < -0.39 is 10.0 Å². The number of nitrogens with one attached hydrogen (secondary N) is 1. The number of anilines is 2. The summed E-state index contributed by atoms with van der Waals surface area (Å²) in [7, 11) is -3.63. The van der Waals surface area contributed by atoms with Gasteiger partial charge in [0.2, 0.25) is 10.0 Å². The lowest BCUT2D eigenvalue weighted by Crippen LogP contribution is -2.48. The molecule has 7 nitrogen and oxygen atoms in total. The predicted octanol–water partition coefficient (Wildman–Crippen LogP) is 3.12. The first-order chi connectivity index (χ1) is 14.8. The van der Waals surface area contributed by atoms with E-state index in [9.17, 15) is 13.2 Å². The van der Waals surface area contributed by atoms with Crippen molar-refractivity contribution in [2.45, 2.75) is 44.3 Å². The Labute approximate surface area is 184 Å². The molecule has 0 aliphatic carbocycles. The van der Waals surface area contributed by atoms with E-state index in [0.717, 1.165) is 30.9 Å². The Morgan fingerprint density at radius 1 is 1.10 bits per heavy atom. The normalized spacial score (nSPS) is 21.7. The number of ether oxygens (including phenoxy) is 1. The molecule has 1 N–H and O–H groups in total. The first kappa shape index (κ1) is 21.8. The molecule has 1 amide bonds. The molecule has 2 heterocycles. The Balaban J connectivity index is 1.48. The van der Waals surface area contributed by atoms with Gasteiger partial charge in [-0.3, -0.25) is 4.79 Å². The summed E-state index contributed by atoms with van der Waals surface area (Å²) < 4.78 is 33.0. The molecule has 1 fully saturated rings. The maximum atomic E-state index is 13.0. The molecule has 0 radical (unpaired) electrons. The molecule has 8 heteroatoms. The van der Waals surface area contributed by atoms with Crippen LogP contribution in [0.4, 0.5) is 11.4 Å². The molecule has 0 bridgehead atoms. The van der Waals surface area contributed by atoms with Crippen molar-refractivity contribution in [1.29, 1.82) is 0 Å². The number of amides is 1. The highest BCUT2D eigenvalue weighted by atomic mass is 32.2. The van der Waals surface area contributed by atoms with E-state index in [1.165, 1.54) is 22.0 Å². The van der Waals surface area contributed by atoms with E-state index in [-0.39, 0.29) is 23.0 Å². The molecule has 0 saturated carbocycles. The molecule has 0 aromatic heterocycles. The van der Waals surface area contributed by atoms with E-state index in [1.54, 1.807) is 12.1 Å². The van der Waals surface area contributed by atoms with Crippen molar-refractivity contribution in [2.75, 3.05) is 36.4 Å². The van der Waals surface area contributed by atoms with Crippen LogP contribution >= 0.6 is 0 Å². The van der Waals surface area contributed by atoms with Gasteiger partial charge >= 0.3 is 0 Å². The number of sulfonamides is 1. The molecule has 2 aromatic rings. The van der Waals surface area contributed by atoms with Gasteiger partial charge in [0.05, 0.1) is 17.1 Å². The van der Waals surface area contributed by atoms with Crippen LogP contribution in [0.5, 0.6) is 0 Å². The number of carbonyl (C=O) groups excluding carboxylic acids is 1. The lowest BCUT2D eigenvalue weighted by Gasteiger charge is -2.34. The van der Waals surface area contributed by atoms with Gasteiger partial charge in [-0.1, -0.05) is 6.07 Å². The van der Waals surface area contributed by atoms with Crippen LogP contribution in [0.2, 0.25) is 0 Å². The number of hydrogen-bond acceptors (Lipinski definition) is 5. The summed E-state index contributed by atoms with van der Waals surface area (Å²) >= 11 is 0. The second-order valence-corrected chi connectivity index (χ2v) is 10.2. The second kappa shape index (κ2) is 8.61. The number of rotatable bonds is 5. The highest BCUT2D eigenvalue weighted by Gasteiger charge is 2.32. The first-order valence-electron chi connectivity index (χ1n) is 10.7. The Kier molecular flexibility index (Phi) is 6.05. The van der Waals surface area contributed by atoms with Gasteiger partial charge in [0.15, 0.2) is 0 Å². The summed E-state index contributed by atoms with van der Waals surface area (Å²) in [4.78, 5) is 15.2. The van der Waals surface area contributed by atoms with Crippen molar-refractivity contribution in [3.05, 3.63) is 53.6 Å². The number of fused-ring (bicyclic) bond motifs is 1. The van der Waals surface area contributed by atoms with Crippen LogP contribution in [0, 0.1) is 0 Å². The average molecular weight is 444 g/mol. The third-order valence-corrected chi connectivity index (χ3v) is 7.70. The number of hydrogen-bond donors (Lipinski definition) is 1. The highest BCUT2D eigenvalue weighted by Crippen LogP contribution is 2.30. The Bertz CT molecular complexity index is 1060. The van der Waals surface area contributed by atoms with Gasteiger partial charge in [-0.15, -0.1) is 0 Å². The second-order valence-electron chi connectivity index (χ2n) is 8.23. The van der Waals surface area contributed by atoms with Gasteiger partial charge in [-0.25, -0.2) is 8.42 Å². The Hall–Kier alpha value is -2.42. The SMILES string of the molecule is CCN1CCc2ccc(NC(=O)c3ccc(S(=O)(=O)N4CC(C)OC(C)C4)cc3)cc21. The van der Waals surface area contributed by atoms with E-state index in [0.29, 0.717) is 18.7 Å². The molecule has 0 spiro atoms. The summed E-state index contributed by atoms with van der Waals surface area (Å²) in [5, 5.41) is 2.92. The van der Waals surface area contributed by atoms with Crippen LogP contribution < -0.4 is 10.2 Å². The molecule has 2 aromatic carbocycles. The van der Waals surface area contributed by atoms with Crippen LogP contribution in [0.1, 0.15) is 36.7 Å². The van der Waals surface area contributed by atoms with Gasteiger partial charge in [0, 0.05) is 43.1 Å². The quantitative estimate of drug-likeness (QED) is 0.768. The van der Waals surface area contributed by atoms with E-state index in [2.05, 4.69) is 23.2 Å². The molecule has 4 rings (SSSR count). The fourth-order valence-corrected chi connectivity index (χ4v) is 5.90. The largest absolute Gasteiger partial charge is 0.373 e. The molecular formula is C23H29N3O4S.